The molecule has 0 aromatic heterocycles. The number of hydrogen-bond acceptors (Lipinski definition) is 6. The van der Waals surface area contributed by atoms with Gasteiger partial charge in [-0.25, -0.2) is 9.59 Å². The van der Waals surface area contributed by atoms with Gasteiger partial charge in [-0.2, -0.15) is 0 Å². The zero-order chi connectivity index (χ0) is 19.3. The van der Waals surface area contributed by atoms with Crippen LogP contribution < -0.4 is 5.32 Å². The summed E-state index contributed by atoms with van der Waals surface area (Å²) in [6.07, 6.45) is 2.15. The molecule has 0 spiro atoms. The topological polar surface area (TPSA) is 108 Å². The van der Waals surface area contributed by atoms with Gasteiger partial charge in [0.1, 0.15) is 11.7 Å². The van der Waals surface area contributed by atoms with Crippen LogP contribution in [0.4, 0.5) is 10.5 Å². The molecule has 1 aliphatic rings. The summed E-state index contributed by atoms with van der Waals surface area (Å²) < 4.78 is 10.8. The van der Waals surface area contributed by atoms with Crippen molar-refractivity contribution in [2.24, 2.45) is 0 Å². The van der Waals surface area contributed by atoms with Crippen molar-refractivity contribution >= 4 is 17.7 Å². The Morgan fingerprint density at radius 3 is 2.35 bits per heavy atom. The van der Waals surface area contributed by atoms with Crippen molar-refractivity contribution in [3.8, 4) is 0 Å². The summed E-state index contributed by atoms with van der Waals surface area (Å²) in [5.74, 6) is -0.567. The van der Waals surface area contributed by atoms with E-state index in [0.29, 0.717) is 12.8 Å². The van der Waals surface area contributed by atoms with E-state index in [4.69, 9.17) is 9.47 Å². The molecule has 1 amide bonds. The zero-order valence-electron chi connectivity index (χ0n) is 15.2. The standard InChI is InChI=1S/C18H24N2O6/c1-18(2,3)26-17(22)19-14-6-4-5-7-15(14)25-16(21)12-8-10-13(11-9-12)20(23)24/h8-11,14-15H,4-7H2,1-3H3,(H,19,22)/t14-,15?/m0/s1. The second kappa shape index (κ2) is 8.16. The molecule has 2 atom stereocenters. The lowest BCUT2D eigenvalue weighted by Crippen LogP contribution is -2.48. The normalized spacial score (nSPS) is 20.1. The van der Waals surface area contributed by atoms with Crippen LogP contribution in [0, 0.1) is 10.1 Å². The number of nitro benzene ring substituents is 1. The summed E-state index contributed by atoms with van der Waals surface area (Å²) in [7, 11) is 0. The molecule has 26 heavy (non-hydrogen) atoms. The van der Waals surface area contributed by atoms with Crippen molar-refractivity contribution in [1.29, 1.82) is 0 Å². The Kier molecular flexibility index (Phi) is 6.18. The third-order valence-corrected chi connectivity index (χ3v) is 3.98. The molecule has 0 aliphatic heterocycles. The van der Waals surface area contributed by atoms with Crippen molar-refractivity contribution in [1.82, 2.24) is 5.32 Å². The molecule has 2 rings (SSSR count). The monoisotopic (exact) mass is 364 g/mol. The number of carbonyl (C=O) groups excluding carboxylic acids is 2. The first kappa shape index (κ1) is 19.7. The van der Waals surface area contributed by atoms with E-state index in [9.17, 15) is 19.7 Å². The SMILES string of the molecule is CC(C)(C)OC(=O)N[C@H]1CCCCC1OC(=O)c1ccc([N+](=O)[O-])cc1. The Morgan fingerprint density at radius 1 is 1.15 bits per heavy atom. The van der Waals surface area contributed by atoms with Gasteiger partial charge in [-0.1, -0.05) is 6.42 Å². The molecule has 1 unspecified atom stereocenters. The van der Waals surface area contributed by atoms with E-state index in [1.54, 1.807) is 20.8 Å². The molecule has 1 aromatic carbocycles. The van der Waals surface area contributed by atoms with Crippen LogP contribution in [0.5, 0.6) is 0 Å². The molecular formula is C18H24N2O6. The molecular weight excluding hydrogens is 340 g/mol. The van der Waals surface area contributed by atoms with E-state index in [2.05, 4.69) is 5.32 Å². The number of rotatable bonds is 4. The van der Waals surface area contributed by atoms with Crippen LogP contribution >= 0.6 is 0 Å². The van der Waals surface area contributed by atoms with Crippen molar-refractivity contribution in [3.05, 3.63) is 39.9 Å². The fourth-order valence-corrected chi connectivity index (χ4v) is 2.79. The molecule has 1 fully saturated rings. The predicted octanol–water partition coefficient (Wildman–Crippen LogP) is 3.59. The van der Waals surface area contributed by atoms with Crippen molar-refractivity contribution in [3.63, 3.8) is 0 Å². The Hall–Kier alpha value is -2.64. The minimum atomic E-state index is -0.607. The number of carbonyl (C=O) groups is 2. The average Bonchev–Trinajstić information content (AvgIpc) is 2.55. The Morgan fingerprint density at radius 2 is 1.77 bits per heavy atom. The number of alkyl carbamates (subject to hydrolysis) is 1. The molecule has 0 heterocycles. The highest BCUT2D eigenvalue weighted by atomic mass is 16.6. The Labute approximate surface area is 152 Å². The van der Waals surface area contributed by atoms with Gasteiger partial charge in [0.15, 0.2) is 0 Å². The van der Waals surface area contributed by atoms with Gasteiger partial charge in [-0.3, -0.25) is 10.1 Å². The van der Waals surface area contributed by atoms with E-state index in [1.807, 2.05) is 0 Å². The highest BCUT2D eigenvalue weighted by Gasteiger charge is 2.31. The molecule has 1 aliphatic carbocycles. The molecule has 142 valence electrons. The van der Waals surface area contributed by atoms with Crippen LogP contribution in [0.25, 0.3) is 0 Å². The number of esters is 1. The second-order valence-electron chi connectivity index (χ2n) is 7.28. The molecule has 0 saturated heterocycles. The lowest BCUT2D eigenvalue weighted by Gasteiger charge is -2.32. The molecule has 0 radical (unpaired) electrons. The number of ether oxygens (including phenoxy) is 2. The molecule has 8 heteroatoms. The third kappa shape index (κ3) is 5.72. The van der Waals surface area contributed by atoms with Crippen LogP contribution in [-0.4, -0.2) is 34.7 Å². The van der Waals surface area contributed by atoms with Gasteiger partial charge in [0.05, 0.1) is 16.5 Å². The fraction of sp³-hybridized carbons (Fsp3) is 0.556. The predicted molar refractivity (Wildman–Crippen MR) is 93.9 cm³/mol. The lowest BCUT2D eigenvalue weighted by molar-refractivity contribution is -0.384. The number of nitrogens with zero attached hydrogens (tertiary/aromatic N) is 1. The maximum Gasteiger partial charge on any atom is 0.408 e. The summed E-state index contributed by atoms with van der Waals surface area (Å²) >= 11 is 0. The van der Waals surface area contributed by atoms with Crippen molar-refractivity contribution in [2.75, 3.05) is 0 Å². The van der Waals surface area contributed by atoms with Gasteiger partial charge in [-0.15, -0.1) is 0 Å². The summed E-state index contributed by atoms with van der Waals surface area (Å²) in [4.78, 5) is 34.5. The van der Waals surface area contributed by atoms with Crippen LogP contribution in [0.1, 0.15) is 56.8 Å². The Balaban J connectivity index is 1.99. The third-order valence-electron chi connectivity index (χ3n) is 3.98. The van der Waals surface area contributed by atoms with Gasteiger partial charge < -0.3 is 14.8 Å². The highest BCUT2D eigenvalue weighted by molar-refractivity contribution is 5.89. The molecule has 1 N–H and O–H groups in total. The summed E-state index contributed by atoms with van der Waals surface area (Å²) in [6.45, 7) is 5.33. The molecule has 8 nitrogen and oxygen atoms in total. The van der Waals surface area contributed by atoms with Gasteiger partial charge in [0.25, 0.3) is 5.69 Å². The first-order chi connectivity index (χ1) is 12.2. The van der Waals surface area contributed by atoms with Gasteiger partial charge >= 0.3 is 12.1 Å². The van der Waals surface area contributed by atoms with Gasteiger partial charge in [0.2, 0.25) is 0 Å². The summed E-state index contributed by atoms with van der Waals surface area (Å²) in [6, 6.07) is 4.92. The smallest absolute Gasteiger partial charge is 0.408 e. The minimum absolute atomic E-state index is 0.0938. The maximum absolute atomic E-state index is 12.3. The highest BCUT2D eigenvalue weighted by Crippen LogP contribution is 2.23. The summed E-state index contributed by atoms with van der Waals surface area (Å²) in [5.41, 5.74) is -0.468. The van der Waals surface area contributed by atoms with Crippen LogP contribution in [0.3, 0.4) is 0 Å². The number of nitrogens with one attached hydrogen (secondary N) is 1. The largest absolute Gasteiger partial charge is 0.457 e. The molecule has 1 saturated carbocycles. The first-order valence-corrected chi connectivity index (χ1v) is 8.60. The van der Waals surface area contributed by atoms with E-state index in [1.165, 1.54) is 24.3 Å². The first-order valence-electron chi connectivity index (χ1n) is 8.60. The molecule has 0 bridgehead atoms. The van der Waals surface area contributed by atoms with E-state index < -0.39 is 28.7 Å². The Bertz CT molecular complexity index is 665. The van der Waals surface area contributed by atoms with Crippen molar-refractivity contribution < 1.29 is 24.0 Å². The van der Waals surface area contributed by atoms with E-state index in [-0.39, 0.29) is 17.3 Å². The molecule has 1 aromatic rings. The van der Waals surface area contributed by atoms with Crippen LogP contribution in [-0.2, 0) is 9.47 Å². The van der Waals surface area contributed by atoms with Crippen molar-refractivity contribution in [2.45, 2.75) is 64.2 Å². The quantitative estimate of drug-likeness (QED) is 0.497. The zero-order valence-corrected chi connectivity index (χ0v) is 15.2. The number of benzene rings is 1. The minimum Gasteiger partial charge on any atom is -0.457 e. The van der Waals surface area contributed by atoms with Crippen LogP contribution in [0.2, 0.25) is 0 Å². The maximum atomic E-state index is 12.3. The number of hydrogen-bond donors (Lipinski definition) is 1. The second-order valence-corrected chi connectivity index (χ2v) is 7.28. The lowest BCUT2D eigenvalue weighted by atomic mass is 9.92. The summed E-state index contributed by atoms with van der Waals surface area (Å²) in [5, 5.41) is 13.5. The number of non-ortho nitro benzene ring substituents is 1. The van der Waals surface area contributed by atoms with E-state index >= 15 is 0 Å². The van der Waals surface area contributed by atoms with Crippen LogP contribution in [0.15, 0.2) is 24.3 Å². The van der Waals surface area contributed by atoms with Gasteiger partial charge in [0, 0.05) is 12.1 Å². The number of amides is 1. The fourth-order valence-electron chi connectivity index (χ4n) is 2.79. The average molecular weight is 364 g/mol. The number of nitro groups is 1. The van der Waals surface area contributed by atoms with Gasteiger partial charge in [-0.05, 0) is 52.2 Å². The van der Waals surface area contributed by atoms with E-state index in [0.717, 1.165) is 12.8 Å².